The molecule has 4 aromatic carbocycles. The van der Waals surface area contributed by atoms with E-state index in [0.29, 0.717) is 27.4 Å². The van der Waals surface area contributed by atoms with Gasteiger partial charge in [-0.2, -0.15) is 0 Å². The fourth-order valence-electron chi connectivity index (χ4n) is 4.85. The average molecular weight is 503 g/mol. The molecule has 4 nitrogen and oxygen atoms in total. The number of amidine groups is 1. The van der Waals surface area contributed by atoms with Crippen LogP contribution in [0, 0.1) is 18.3 Å². The van der Waals surface area contributed by atoms with Gasteiger partial charge in [-0.25, -0.2) is 0 Å². The summed E-state index contributed by atoms with van der Waals surface area (Å²) in [6.07, 6.45) is 0. The Bertz CT molecular complexity index is 1480. The molecular weight excluding hydrogens is 476 g/mol. The van der Waals surface area contributed by atoms with Gasteiger partial charge in [0.05, 0.1) is 5.92 Å². The van der Waals surface area contributed by atoms with Crippen molar-refractivity contribution in [2.75, 3.05) is 4.90 Å². The number of carbonyl (C=O) groups excluding carboxylic acids is 1. The summed E-state index contributed by atoms with van der Waals surface area (Å²) in [5.41, 5.74) is 4.04. The number of aliphatic hydroxyl groups is 1. The zero-order valence-corrected chi connectivity index (χ0v) is 21.2. The lowest BCUT2D eigenvalue weighted by molar-refractivity contribution is 0.0946. The number of hydrogen-bond donors (Lipinski definition) is 2. The molecule has 0 radical (unpaired) electrons. The Morgan fingerprint density at radius 1 is 0.784 bits per heavy atom. The van der Waals surface area contributed by atoms with E-state index in [4.69, 9.17) is 12.2 Å². The number of anilines is 1. The zero-order valence-electron chi connectivity index (χ0n) is 20.3. The largest absolute Gasteiger partial charge is 0.507 e. The number of rotatable bonds is 5. The van der Waals surface area contributed by atoms with E-state index in [0.717, 1.165) is 11.1 Å². The summed E-state index contributed by atoms with van der Waals surface area (Å²) < 4.78 is 0. The van der Waals surface area contributed by atoms with Crippen molar-refractivity contribution < 1.29 is 9.90 Å². The second kappa shape index (κ2) is 10.3. The van der Waals surface area contributed by atoms with Crippen LogP contribution in [0.1, 0.15) is 33.0 Å². The molecule has 1 heterocycles. The van der Waals surface area contributed by atoms with E-state index >= 15 is 0 Å². The molecule has 0 aliphatic carbocycles. The molecule has 5 heteroatoms. The highest BCUT2D eigenvalue weighted by Gasteiger charge is 2.47. The van der Waals surface area contributed by atoms with Crippen molar-refractivity contribution >= 4 is 40.3 Å². The summed E-state index contributed by atoms with van der Waals surface area (Å²) in [6, 6.07) is 35.4. The Morgan fingerprint density at radius 3 is 1.86 bits per heavy atom. The third-order valence-corrected chi connectivity index (χ3v) is 7.14. The van der Waals surface area contributed by atoms with Crippen molar-refractivity contribution in [3.8, 4) is 0 Å². The monoisotopic (exact) mass is 502 g/mol. The molecule has 0 bridgehead atoms. The molecule has 0 amide bonds. The van der Waals surface area contributed by atoms with E-state index in [2.05, 4.69) is 0 Å². The summed E-state index contributed by atoms with van der Waals surface area (Å²) >= 11 is 6.00. The van der Waals surface area contributed by atoms with Crippen LogP contribution in [0.4, 0.5) is 5.69 Å². The smallest absolute Gasteiger partial charge is 0.173 e. The number of aryl methyl sites for hydroxylation is 1. The van der Waals surface area contributed by atoms with Crippen molar-refractivity contribution in [2.24, 2.45) is 5.92 Å². The number of piperidine rings is 1. The third-order valence-electron chi connectivity index (χ3n) is 6.70. The summed E-state index contributed by atoms with van der Waals surface area (Å²) in [5, 5.41) is 21.0. The molecule has 2 atom stereocenters. The van der Waals surface area contributed by atoms with Crippen LogP contribution in [0.3, 0.4) is 0 Å². The minimum atomic E-state index is -0.810. The Hall–Kier alpha value is -4.35. The molecule has 2 N–H and O–H groups in total. The van der Waals surface area contributed by atoms with Crippen LogP contribution in [0.15, 0.2) is 121 Å². The van der Waals surface area contributed by atoms with Gasteiger partial charge in [0.25, 0.3) is 0 Å². The van der Waals surface area contributed by atoms with Gasteiger partial charge >= 0.3 is 0 Å². The lowest BCUT2D eigenvalue weighted by Gasteiger charge is -2.42. The number of Topliss-reactive ketones (excluding diaryl/α,β-unsaturated/α-hetero) is 1. The van der Waals surface area contributed by atoms with Crippen LogP contribution in [0.2, 0.25) is 0 Å². The van der Waals surface area contributed by atoms with Gasteiger partial charge in [-0.15, -0.1) is 0 Å². The number of para-hydroxylation sites is 1. The van der Waals surface area contributed by atoms with Gasteiger partial charge in [-0.3, -0.25) is 15.1 Å². The van der Waals surface area contributed by atoms with Crippen molar-refractivity contribution in [3.05, 3.63) is 143 Å². The zero-order chi connectivity index (χ0) is 25.9. The Morgan fingerprint density at radius 2 is 1.30 bits per heavy atom. The van der Waals surface area contributed by atoms with Crippen LogP contribution < -0.4 is 4.90 Å². The molecule has 37 heavy (non-hydrogen) atoms. The van der Waals surface area contributed by atoms with Gasteiger partial charge in [0, 0.05) is 28.3 Å². The van der Waals surface area contributed by atoms with Gasteiger partial charge in [-0.05, 0) is 24.6 Å². The highest BCUT2D eigenvalue weighted by atomic mass is 32.1. The van der Waals surface area contributed by atoms with Gasteiger partial charge in [0.1, 0.15) is 16.6 Å². The van der Waals surface area contributed by atoms with Crippen molar-refractivity contribution in [2.45, 2.75) is 12.8 Å². The van der Waals surface area contributed by atoms with E-state index in [9.17, 15) is 15.3 Å². The first-order valence-electron chi connectivity index (χ1n) is 12.1. The van der Waals surface area contributed by atoms with Gasteiger partial charge < -0.3 is 5.11 Å². The van der Waals surface area contributed by atoms with Crippen molar-refractivity contribution in [1.82, 2.24) is 0 Å². The number of carbonyl (C=O) groups is 1. The van der Waals surface area contributed by atoms with Gasteiger partial charge in [0.2, 0.25) is 0 Å². The summed E-state index contributed by atoms with van der Waals surface area (Å²) in [5.74, 6) is -1.59. The highest BCUT2D eigenvalue weighted by molar-refractivity contribution is 7.80. The third kappa shape index (κ3) is 4.61. The number of thiocarbonyl (C=S) groups is 1. The second-order valence-electron chi connectivity index (χ2n) is 9.08. The van der Waals surface area contributed by atoms with Crippen LogP contribution in [0.25, 0.3) is 5.76 Å². The fourth-order valence-corrected chi connectivity index (χ4v) is 5.29. The number of aliphatic hydroxyl groups excluding tert-OH is 1. The molecule has 1 saturated heterocycles. The first-order chi connectivity index (χ1) is 18.0. The minimum absolute atomic E-state index is 0.0366. The molecule has 0 aromatic heterocycles. The van der Waals surface area contributed by atoms with E-state index in [1.807, 2.05) is 97.9 Å². The van der Waals surface area contributed by atoms with Crippen molar-refractivity contribution in [3.63, 3.8) is 0 Å². The molecule has 1 fully saturated rings. The van der Waals surface area contributed by atoms with Crippen molar-refractivity contribution in [1.29, 1.82) is 5.41 Å². The maximum absolute atomic E-state index is 14.2. The molecule has 0 saturated carbocycles. The topological polar surface area (TPSA) is 64.4 Å². The number of nitrogens with zero attached hydrogens (tertiary/aromatic N) is 1. The molecule has 4 aromatic rings. The van der Waals surface area contributed by atoms with Crippen LogP contribution in [-0.2, 0) is 0 Å². The molecular formula is C32H26N2O2S. The molecule has 5 rings (SSSR count). The fraction of sp³-hybridized carbons (Fsp3) is 0.0938. The first-order valence-corrected chi connectivity index (χ1v) is 12.5. The first kappa shape index (κ1) is 24.3. The molecule has 182 valence electrons. The number of benzene rings is 4. The Balaban J connectivity index is 1.79. The van der Waals surface area contributed by atoms with Crippen LogP contribution >= 0.6 is 12.2 Å². The summed E-state index contributed by atoms with van der Waals surface area (Å²) in [7, 11) is 0. The number of ketones is 1. The standard InChI is InChI=1S/C32H26N2O2S/c1-21-17-19-22(20-18-21)26-27(29(35)23-11-5-2-6-12-23)31(33)34(25-15-9-4-10-16-25)32(37)28(26)30(36)24-13-7-3-8-14-24/h2-20,26,28,33,35H,1H3/b29-27-,33-31?/t26-,28-/m1/s1. The normalized spacial score (nSPS) is 19.0. The Kier molecular flexibility index (Phi) is 6.80. The van der Waals surface area contributed by atoms with E-state index in [1.165, 1.54) is 0 Å². The average Bonchev–Trinajstić information content (AvgIpc) is 2.94. The van der Waals surface area contributed by atoms with E-state index in [1.54, 1.807) is 29.2 Å². The predicted octanol–water partition coefficient (Wildman–Crippen LogP) is 7.37. The lowest BCUT2D eigenvalue weighted by atomic mass is 9.72. The number of nitrogens with one attached hydrogen (secondary N) is 1. The van der Waals surface area contributed by atoms with Gasteiger partial charge in [-0.1, -0.05) is 121 Å². The molecule has 0 spiro atoms. The second-order valence-corrected chi connectivity index (χ2v) is 9.50. The maximum atomic E-state index is 14.2. The van der Waals surface area contributed by atoms with Crippen LogP contribution in [0.5, 0.6) is 0 Å². The summed E-state index contributed by atoms with van der Waals surface area (Å²) in [4.78, 5) is 16.1. The predicted molar refractivity (Wildman–Crippen MR) is 153 cm³/mol. The van der Waals surface area contributed by atoms with E-state index in [-0.39, 0.29) is 17.4 Å². The molecule has 1 aliphatic rings. The van der Waals surface area contributed by atoms with E-state index < -0.39 is 11.8 Å². The molecule has 0 unspecified atom stereocenters. The summed E-state index contributed by atoms with van der Waals surface area (Å²) in [6.45, 7) is 2.00. The number of hydrogen-bond acceptors (Lipinski definition) is 4. The molecule has 1 aliphatic heterocycles. The Labute approximate surface area is 222 Å². The quantitative estimate of drug-likeness (QED) is 0.170. The van der Waals surface area contributed by atoms with Gasteiger partial charge in [0.15, 0.2) is 5.78 Å². The minimum Gasteiger partial charge on any atom is -0.507 e. The van der Waals surface area contributed by atoms with Crippen LogP contribution in [-0.4, -0.2) is 21.7 Å². The maximum Gasteiger partial charge on any atom is 0.173 e. The SMILES string of the molecule is Cc1ccc([C@@H]2/C(=C(/O)c3ccccc3)C(=N)N(c3ccccc3)C(=S)[C@H]2C(=O)c2ccccc2)cc1. The lowest BCUT2D eigenvalue weighted by Crippen LogP contribution is -2.51. The highest BCUT2D eigenvalue weighted by Crippen LogP contribution is 2.45.